The average molecular weight is 283 g/mol. The first-order valence-electron chi connectivity index (χ1n) is 5.93. The first-order valence-corrected chi connectivity index (χ1v) is 6.75. The minimum Gasteiger partial charge on any atom is -0.288 e. The largest absolute Gasteiger partial charge is 0.288 e. The van der Waals surface area contributed by atoms with Gasteiger partial charge in [-0.2, -0.15) is 0 Å². The topological polar surface area (TPSA) is 60.2 Å². The van der Waals surface area contributed by atoms with Crippen LogP contribution < -0.4 is 0 Å². The highest BCUT2D eigenvalue weighted by Crippen LogP contribution is 2.41. The van der Waals surface area contributed by atoms with Crippen molar-refractivity contribution in [2.75, 3.05) is 0 Å². The Kier molecular flexibility index (Phi) is 3.12. The van der Waals surface area contributed by atoms with E-state index in [-0.39, 0.29) is 11.5 Å². The maximum absolute atomic E-state index is 12.2. The molecule has 1 aliphatic rings. The average Bonchev–Trinajstić information content (AvgIpc) is 2.76. The van der Waals surface area contributed by atoms with E-state index in [1.165, 1.54) is 17.8 Å². The number of carbonyl (C=O) groups excluding carboxylic acids is 1. The van der Waals surface area contributed by atoms with Crippen LogP contribution in [0.5, 0.6) is 0 Å². The predicted molar refractivity (Wildman–Crippen MR) is 77.7 cm³/mol. The second-order valence-corrected chi connectivity index (χ2v) is 5.34. The molecule has 0 atom stereocenters. The molecule has 2 aromatic carbocycles. The Bertz CT molecular complexity index is 752. The highest BCUT2D eigenvalue weighted by atomic mass is 32.2. The zero-order chi connectivity index (χ0) is 14.1. The van der Waals surface area contributed by atoms with Crippen molar-refractivity contribution in [1.29, 1.82) is 0 Å². The Hall–Kier alpha value is -2.40. The highest BCUT2D eigenvalue weighted by Gasteiger charge is 2.26. The van der Waals surface area contributed by atoms with Crippen molar-refractivity contribution in [2.24, 2.45) is 0 Å². The Morgan fingerprint density at radius 3 is 2.50 bits per heavy atom. The van der Waals surface area contributed by atoms with Crippen LogP contribution in [0.4, 0.5) is 5.69 Å². The molecule has 0 saturated heterocycles. The predicted octanol–water partition coefficient (Wildman–Crippen LogP) is 3.92. The van der Waals surface area contributed by atoms with Gasteiger partial charge in [0.25, 0.3) is 5.69 Å². The van der Waals surface area contributed by atoms with Gasteiger partial charge in [0.05, 0.1) is 15.4 Å². The summed E-state index contributed by atoms with van der Waals surface area (Å²) in [5.74, 6) is -0.0799. The Morgan fingerprint density at radius 1 is 1.05 bits per heavy atom. The van der Waals surface area contributed by atoms with E-state index in [1.807, 2.05) is 18.2 Å². The van der Waals surface area contributed by atoms with Gasteiger partial charge < -0.3 is 0 Å². The van der Waals surface area contributed by atoms with Gasteiger partial charge in [-0.1, -0.05) is 36.0 Å². The second kappa shape index (κ2) is 4.94. The van der Waals surface area contributed by atoms with Crippen molar-refractivity contribution in [3.05, 3.63) is 74.7 Å². The summed E-state index contributed by atoms with van der Waals surface area (Å²) in [6.45, 7) is 0. The summed E-state index contributed by atoms with van der Waals surface area (Å²) >= 11 is 1.35. The number of nitrogens with zero attached hydrogens (tertiary/aromatic N) is 1. The van der Waals surface area contributed by atoms with Gasteiger partial charge in [-0.15, -0.1) is 0 Å². The maximum atomic E-state index is 12.2. The Labute approximate surface area is 119 Å². The van der Waals surface area contributed by atoms with Crippen molar-refractivity contribution < 1.29 is 9.72 Å². The first kappa shape index (κ1) is 12.6. The van der Waals surface area contributed by atoms with Crippen molar-refractivity contribution in [1.82, 2.24) is 0 Å². The van der Waals surface area contributed by atoms with Crippen molar-refractivity contribution in [3.63, 3.8) is 0 Å². The zero-order valence-electron chi connectivity index (χ0n) is 10.3. The molecule has 0 fully saturated rings. The highest BCUT2D eigenvalue weighted by molar-refractivity contribution is 8.04. The molecule has 1 aliphatic heterocycles. The summed E-state index contributed by atoms with van der Waals surface area (Å²) in [7, 11) is 0. The van der Waals surface area contributed by atoms with Gasteiger partial charge in [-0.3, -0.25) is 14.9 Å². The molecule has 2 aromatic rings. The molecular formula is C15H9NO3S. The van der Waals surface area contributed by atoms with E-state index < -0.39 is 4.92 Å². The molecule has 4 nitrogen and oxygen atoms in total. The molecule has 0 bridgehead atoms. The van der Waals surface area contributed by atoms with Gasteiger partial charge in [0.15, 0.2) is 0 Å². The Balaban J connectivity index is 2.04. The molecule has 0 amide bonds. The number of ketones is 1. The van der Waals surface area contributed by atoms with Gasteiger partial charge in [0.2, 0.25) is 5.78 Å². The number of carbonyl (C=O) groups is 1. The lowest BCUT2D eigenvalue weighted by molar-refractivity contribution is -0.385. The third kappa shape index (κ3) is 2.12. The summed E-state index contributed by atoms with van der Waals surface area (Å²) in [5, 5.41) is 11.0. The van der Waals surface area contributed by atoms with Crippen LogP contribution >= 0.6 is 11.8 Å². The quantitative estimate of drug-likeness (QED) is 0.476. The van der Waals surface area contributed by atoms with Crippen molar-refractivity contribution in [3.8, 4) is 0 Å². The first-order chi connectivity index (χ1) is 9.66. The lowest BCUT2D eigenvalue weighted by Gasteiger charge is -1.98. The van der Waals surface area contributed by atoms with Crippen LogP contribution in [0.15, 0.2) is 58.3 Å². The lowest BCUT2D eigenvalue weighted by atomic mass is 10.1. The molecule has 0 aliphatic carbocycles. The number of benzene rings is 2. The molecule has 0 saturated carbocycles. The summed E-state index contributed by atoms with van der Waals surface area (Å²) in [6.07, 6.45) is 1.59. The molecule has 0 unspecified atom stereocenters. The molecule has 20 heavy (non-hydrogen) atoms. The second-order valence-electron chi connectivity index (χ2n) is 4.25. The number of hydrogen-bond donors (Lipinski definition) is 0. The molecule has 0 radical (unpaired) electrons. The van der Waals surface area contributed by atoms with Crippen LogP contribution in [0.2, 0.25) is 0 Å². The van der Waals surface area contributed by atoms with Crippen molar-refractivity contribution >= 4 is 29.3 Å². The van der Waals surface area contributed by atoms with Gasteiger partial charge in [-0.05, 0) is 24.3 Å². The number of fused-ring (bicyclic) bond motifs is 1. The van der Waals surface area contributed by atoms with E-state index in [4.69, 9.17) is 0 Å². The standard InChI is InChI=1S/C15H9NO3S/c17-15-11-6-2-4-8-13(11)20-14(15)9-10-5-1-3-7-12(10)16(18)19/h1-9H/b14-9-. The fourth-order valence-corrected chi connectivity index (χ4v) is 3.10. The molecule has 5 heteroatoms. The van der Waals surface area contributed by atoms with Crippen LogP contribution in [-0.4, -0.2) is 10.7 Å². The van der Waals surface area contributed by atoms with E-state index in [1.54, 1.807) is 30.3 Å². The number of hydrogen-bond acceptors (Lipinski definition) is 4. The number of thioether (sulfide) groups is 1. The number of nitro benzene ring substituents is 1. The third-order valence-corrected chi connectivity index (χ3v) is 4.09. The molecule has 0 aromatic heterocycles. The van der Waals surface area contributed by atoms with Crippen LogP contribution in [0, 0.1) is 10.1 Å². The summed E-state index contributed by atoms with van der Waals surface area (Å²) in [4.78, 5) is 24.2. The van der Waals surface area contributed by atoms with Gasteiger partial charge in [0.1, 0.15) is 0 Å². The van der Waals surface area contributed by atoms with Gasteiger partial charge in [0, 0.05) is 16.5 Å². The Morgan fingerprint density at radius 2 is 1.75 bits per heavy atom. The molecule has 3 rings (SSSR count). The minimum absolute atomic E-state index is 0.00403. The lowest BCUT2D eigenvalue weighted by Crippen LogP contribution is -1.95. The number of allylic oxidation sites excluding steroid dienone is 1. The van der Waals surface area contributed by atoms with Crippen LogP contribution in [0.3, 0.4) is 0 Å². The number of rotatable bonds is 2. The molecule has 0 spiro atoms. The van der Waals surface area contributed by atoms with Crippen LogP contribution in [0.25, 0.3) is 6.08 Å². The molecular weight excluding hydrogens is 274 g/mol. The fourth-order valence-electron chi connectivity index (χ4n) is 2.05. The summed E-state index contributed by atoms with van der Waals surface area (Å²) in [6, 6.07) is 13.7. The number of nitro groups is 1. The van der Waals surface area contributed by atoms with Crippen molar-refractivity contribution in [2.45, 2.75) is 4.90 Å². The molecule has 1 heterocycles. The maximum Gasteiger partial charge on any atom is 0.276 e. The van der Waals surface area contributed by atoms with Crippen LogP contribution in [0.1, 0.15) is 15.9 Å². The summed E-state index contributed by atoms with van der Waals surface area (Å²) < 4.78 is 0. The fraction of sp³-hybridized carbons (Fsp3) is 0. The van der Waals surface area contributed by atoms with E-state index >= 15 is 0 Å². The van der Waals surface area contributed by atoms with E-state index in [0.29, 0.717) is 16.0 Å². The van der Waals surface area contributed by atoms with Gasteiger partial charge >= 0.3 is 0 Å². The molecule has 98 valence electrons. The smallest absolute Gasteiger partial charge is 0.276 e. The van der Waals surface area contributed by atoms with E-state index in [2.05, 4.69) is 0 Å². The SMILES string of the molecule is O=C1/C(=C/c2ccccc2[N+](=O)[O-])Sc2ccccc21. The molecule has 0 N–H and O–H groups in total. The monoisotopic (exact) mass is 283 g/mol. The van der Waals surface area contributed by atoms with Gasteiger partial charge in [-0.25, -0.2) is 0 Å². The number of para-hydroxylation sites is 1. The van der Waals surface area contributed by atoms with Crippen LogP contribution in [-0.2, 0) is 0 Å². The summed E-state index contributed by atoms with van der Waals surface area (Å²) in [5.41, 5.74) is 1.10. The minimum atomic E-state index is -0.441. The zero-order valence-corrected chi connectivity index (χ0v) is 11.1. The normalized spacial score (nSPS) is 15.4. The third-order valence-electron chi connectivity index (χ3n) is 3.00. The van der Waals surface area contributed by atoms with E-state index in [9.17, 15) is 14.9 Å². The van der Waals surface area contributed by atoms with E-state index in [0.717, 1.165) is 4.90 Å². The number of Topliss-reactive ketones (excluding diaryl/α,β-unsaturated/α-hetero) is 1.